The number of amides is 1. The number of likely N-dealkylation sites (tertiary alicyclic amines) is 1. The molecule has 1 saturated heterocycles. The quantitative estimate of drug-likeness (QED) is 0.912. The number of imidazole rings is 1. The third kappa shape index (κ3) is 3.54. The molecule has 0 bridgehead atoms. The van der Waals surface area contributed by atoms with Crippen molar-refractivity contribution in [3.63, 3.8) is 0 Å². The summed E-state index contributed by atoms with van der Waals surface area (Å²) < 4.78 is 0. The van der Waals surface area contributed by atoms with Gasteiger partial charge in [-0.3, -0.25) is 9.69 Å². The minimum Gasteiger partial charge on any atom is -0.347 e. The first-order chi connectivity index (χ1) is 10.7. The lowest BCUT2D eigenvalue weighted by atomic mass is 10.0. The maximum atomic E-state index is 11.1. The van der Waals surface area contributed by atoms with E-state index in [4.69, 9.17) is 0 Å². The molecule has 2 heterocycles. The van der Waals surface area contributed by atoms with Gasteiger partial charge in [0.1, 0.15) is 5.82 Å². The summed E-state index contributed by atoms with van der Waals surface area (Å²) in [5.74, 6) is 1.02. The molecule has 0 saturated carbocycles. The highest BCUT2D eigenvalue weighted by Gasteiger charge is 2.25. The average molecular weight is 298 g/mol. The van der Waals surface area contributed by atoms with Crippen LogP contribution in [0.3, 0.4) is 0 Å². The van der Waals surface area contributed by atoms with Gasteiger partial charge in [0.2, 0.25) is 5.91 Å². The van der Waals surface area contributed by atoms with Crippen LogP contribution >= 0.6 is 0 Å². The number of aromatic nitrogens is 2. The van der Waals surface area contributed by atoms with E-state index in [1.807, 2.05) is 24.5 Å². The Bertz CT molecular complexity index is 606. The third-order valence-electron chi connectivity index (χ3n) is 4.11. The molecule has 0 radical (unpaired) electrons. The van der Waals surface area contributed by atoms with E-state index in [1.165, 1.54) is 25.3 Å². The van der Waals surface area contributed by atoms with Gasteiger partial charge in [-0.2, -0.15) is 0 Å². The molecule has 1 atom stereocenters. The summed E-state index contributed by atoms with van der Waals surface area (Å²) in [5.41, 5.74) is 2.10. The van der Waals surface area contributed by atoms with Crippen molar-refractivity contribution in [3.8, 4) is 0 Å². The number of benzene rings is 1. The van der Waals surface area contributed by atoms with Crippen molar-refractivity contribution in [2.24, 2.45) is 0 Å². The Hall–Kier alpha value is -2.14. The number of H-pyrrole nitrogens is 1. The number of carbonyl (C=O) groups is 1. The lowest BCUT2D eigenvalue weighted by Gasteiger charge is -2.34. The number of carbonyl (C=O) groups excluding carboxylic acids is 1. The summed E-state index contributed by atoms with van der Waals surface area (Å²) in [6.45, 7) is 3.53. The maximum Gasteiger partial charge on any atom is 0.221 e. The van der Waals surface area contributed by atoms with Crippen molar-refractivity contribution in [3.05, 3.63) is 48.0 Å². The van der Waals surface area contributed by atoms with E-state index < -0.39 is 0 Å². The molecule has 1 amide bonds. The SMILES string of the molecule is CC(=O)Nc1ccc(CN2CCCCC2c2ncc[nH]2)cc1. The molecule has 1 aliphatic heterocycles. The Morgan fingerprint density at radius 3 is 2.86 bits per heavy atom. The second-order valence-electron chi connectivity index (χ2n) is 5.83. The number of anilines is 1. The van der Waals surface area contributed by atoms with E-state index >= 15 is 0 Å². The first-order valence-corrected chi connectivity index (χ1v) is 7.82. The Balaban J connectivity index is 1.69. The maximum absolute atomic E-state index is 11.1. The van der Waals surface area contributed by atoms with Crippen molar-refractivity contribution in [2.75, 3.05) is 11.9 Å². The van der Waals surface area contributed by atoms with Crippen molar-refractivity contribution >= 4 is 11.6 Å². The molecule has 3 rings (SSSR count). The average Bonchev–Trinajstić information content (AvgIpc) is 3.03. The van der Waals surface area contributed by atoms with E-state index in [1.54, 1.807) is 0 Å². The summed E-state index contributed by atoms with van der Waals surface area (Å²) in [7, 11) is 0. The molecule has 1 aliphatic rings. The van der Waals surface area contributed by atoms with E-state index in [2.05, 4.69) is 32.3 Å². The Morgan fingerprint density at radius 1 is 1.36 bits per heavy atom. The minimum atomic E-state index is -0.0401. The van der Waals surface area contributed by atoms with Gasteiger partial charge < -0.3 is 10.3 Å². The molecule has 116 valence electrons. The van der Waals surface area contributed by atoms with Crippen LogP contribution in [0.2, 0.25) is 0 Å². The van der Waals surface area contributed by atoms with Crippen LogP contribution < -0.4 is 5.32 Å². The number of aromatic amines is 1. The Kier molecular flexibility index (Phi) is 4.53. The molecule has 1 unspecified atom stereocenters. The largest absolute Gasteiger partial charge is 0.347 e. The summed E-state index contributed by atoms with van der Waals surface area (Å²) in [6.07, 6.45) is 7.36. The van der Waals surface area contributed by atoms with E-state index in [9.17, 15) is 4.79 Å². The summed E-state index contributed by atoms with van der Waals surface area (Å²) in [4.78, 5) is 21.2. The van der Waals surface area contributed by atoms with E-state index in [-0.39, 0.29) is 5.91 Å². The topological polar surface area (TPSA) is 61.0 Å². The summed E-state index contributed by atoms with van der Waals surface area (Å²) in [6, 6.07) is 8.46. The minimum absolute atomic E-state index is 0.0401. The fourth-order valence-corrected chi connectivity index (χ4v) is 3.08. The first-order valence-electron chi connectivity index (χ1n) is 7.82. The highest BCUT2D eigenvalue weighted by molar-refractivity contribution is 5.88. The van der Waals surface area contributed by atoms with Gasteiger partial charge in [-0.05, 0) is 37.1 Å². The second kappa shape index (κ2) is 6.75. The molecule has 2 N–H and O–H groups in total. The second-order valence-corrected chi connectivity index (χ2v) is 5.83. The molecule has 1 aromatic carbocycles. The summed E-state index contributed by atoms with van der Waals surface area (Å²) in [5, 5.41) is 2.80. The van der Waals surface area contributed by atoms with Gasteiger partial charge >= 0.3 is 0 Å². The highest BCUT2D eigenvalue weighted by Crippen LogP contribution is 2.30. The standard InChI is InChI=1S/C17H22N4O/c1-13(22)20-15-7-5-14(6-8-15)12-21-11-3-2-4-16(21)17-18-9-10-19-17/h5-10,16H,2-4,11-12H2,1H3,(H,18,19)(H,20,22). The molecular formula is C17H22N4O. The van der Waals surface area contributed by atoms with Gasteiger partial charge in [0.15, 0.2) is 0 Å². The predicted octanol–water partition coefficient (Wildman–Crippen LogP) is 3.10. The van der Waals surface area contributed by atoms with Crippen LogP contribution in [0.5, 0.6) is 0 Å². The fourth-order valence-electron chi connectivity index (χ4n) is 3.08. The van der Waals surface area contributed by atoms with Crippen LogP contribution in [0.15, 0.2) is 36.7 Å². The first kappa shape index (κ1) is 14.8. The van der Waals surface area contributed by atoms with Crippen LogP contribution in [0.1, 0.15) is 43.6 Å². The number of hydrogen-bond acceptors (Lipinski definition) is 3. The Morgan fingerprint density at radius 2 is 2.18 bits per heavy atom. The van der Waals surface area contributed by atoms with Crippen molar-refractivity contribution in [1.29, 1.82) is 0 Å². The van der Waals surface area contributed by atoms with Crippen LogP contribution in [0.25, 0.3) is 0 Å². The van der Waals surface area contributed by atoms with Crippen molar-refractivity contribution in [2.45, 2.75) is 38.8 Å². The van der Waals surface area contributed by atoms with Gasteiger partial charge in [0, 0.05) is 31.5 Å². The molecular weight excluding hydrogens is 276 g/mol. The van der Waals surface area contributed by atoms with Crippen LogP contribution in [-0.2, 0) is 11.3 Å². The van der Waals surface area contributed by atoms with Crippen LogP contribution in [0.4, 0.5) is 5.69 Å². The third-order valence-corrected chi connectivity index (χ3v) is 4.11. The van der Waals surface area contributed by atoms with Crippen molar-refractivity contribution < 1.29 is 4.79 Å². The number of piperidine rings is 1. The van der Waals surface area contributed by atoms with Gasteiger partial charge in [0.25, 0.3) is 0 Å². The van der Waals surface area contributed by atoms with E-state index in [0.717, 1.165) is 31.0 Å². The van der Waals surface area contributed by atoms with E-state index in [0.29, 0.717) is 6.04 Å². The number of hydrogen-bond donors (Lipinski definition) is 2. The summed E-state index contributed by atoms with van der Waals surface area (Å²) >= 11 is 0. The molecule has 5 heteroatoms. The predicted molar refractivity (Wildman–Crippen MR) is 86.3 cm³/mol. The Labute approximate surface area is 130 Å². The van der Waals surface area contributed by atoms with Gasteiger partial charge in [-0.25, -0.2) is 4.98 Å². The van der Waals surface area contributed by atoms with Gasteiger partial charge in [-0.15, -0.1) is 0 Å². The zero-order valence-electron chi connectivity index (χ0n) is 12.9. The monoisotopic (exact) mass is 298 g/mol. The molecule has 0 spiro atoms. The lowest BCUT2D eigenvalue weighted by Crippen LogP contribution is -2.33. The van der Waals surface area contributed by atoms with Crippen LogP contribution in [0, 0.1) is 0 Å². The number of rotatable bonds is 4. The number of nitrogens with one attached hydrogen (secondary N) is 2. The molecule has 2 aromatic rings. The molecule has 0 aliphatic carbocycles. The molecule has 22 heavy (non-hydrogen) atoms. The van der Waals surface area contributed by atoms with Crippen molar-refractivity contribution in [1.82, 2.24) is 14.9 Å². The number of nitrogens with zero attached hydrogens (tertiary/aromatic N) is 2. The molecule has 5 nitrogen and oxygen atoms in total. The normalized spacial score (nSPS) is 19.0. The van der Waals surface area contributed by atoms with Crippen LogP contribution in [-0.4, -0.2) is 27.3 Å². The fraction of sp³-hybridized carbons (Fsp3) is 0.412. The smallest absolute Gasteiger partial charge is 0.221 e. The van der Waals surface area contributed by atoms with Gasteiger partial charge in [-0.1, -0.05) is 18.6 Å². The lowest BCUT2D eigenvalue weighted by molar-refractivity contribution is -0.114. The van der Waals surface area contributed by atoms with Gasteiger partial charge in [0.05, 0.1) is 6.04 Å². The highest BCUT2D eigenvalue weighted by atomic mass is 16.1. The zero-order chi connectivity index (χ0) is 15.4. The molecule has 1 fully saturated rings. The molecule has 1 aromatic heterocycles. The zero-order valence-corrected chi connectivity index (χ0v) is 12.9.